The third kappa shape index (κ3) is 4.70. The second kappa shape index (κ2) is 9.62. The average Bonchev–Trinajstić information content (AvgIpc) is 3.20. The number of benzene rings is 3. The predicted molar refractivity (Wildman–Crippen MR) is 130 cm³/mol. The normalized spacial score (nSPS) is 17.2. The summed E-state index contributed by atoms with van der Waals surface area (Å²) in [6, 6.07) is 27.9. The van der Waals surface area contributed by atoms with Gasteiger partial charge in [0.2, 0.25) is 5.91 Å². The maximum atomic E-state index is 13.8. The highest BCUT2D eigenvalue weighted by Gasteiger charge is 2.38. The van der Waals surface area contributed by atoms with E-state index in [1.54, 1.807) is 4.90 Å². The van der Waals surface area contributed by atoms with Gasteiger partial charge < -0.3 is 9.80 Å². The molecule has 1 atom stereocenters. The Morgan fingerprint density at radius 3 is 2.09 bits per heavy atom. The highest BCUT2D eigenvalue weighted by molar-refractivity contribution is 6.01. The molecule has 0 radical (unpaired) electrons. The van der Waals surface area contributed by atoms with Crippen LogP contribution >= 0.6 is 0 Å². The summed E-state index contributed by atoms with van der Waals surface area (Å²) >= 11 is 0. The fourth-order valence-corrected chi connectivity index (χ4v) is 5.21. The van der Waals surface area contributed by atoms with Gasteiger partial charge in [-0.3, -0.25) is 9.59 Å². The lowest BCUT2D eigenvalue weighted by molar-refractivity contribution is -0.137. The molecule has 3 aromatic rings. The Bertz CT molecular complexity index is 1100. The molecule has 168 valence electrons. The van der Waals surface area contributed by atoms with Crippen LogP contribution in [0.25, 0.3) is 0 Å². The highest BCUT2D eigenvalue weighted by atomic mass is 16.2. The van der Waals surface area contributed by atoms with Gasteiger partial charge in [-0.1, -0.05) is 78.9 Å². The number of hydrogen-bond acceptors (Lipinski definition) is 2. The number of rotatable bonds is 6. The molecular formula is C29H30N2O2. The summed E-state index contributed by atoms with van der Waals surface area (Å²) in [5.74, 6) is 0.652. The maximum absolute atomic E-state index is 13.8. The summed E-state index contributed by atoms with van der Waals surface area (Å²) in [7, 11) is 0. The van der Waals surface area contributed by atoms with Gasteiger partial charge in [0.15, 0.2) is 0 Å². The molecule has 0 N–H and O–H groups in total. The zero-order valence-corrected chi connectivity index (χ0v) is 18.9. The number of amides is 2. The molecule has 0 unspecified atom stereocenters. The van der Waals surface area contributed by atoms with Gasteiger partial charge in [-0.15, -0.1) is 0 Å². The first-order valence-electron chi connectivity index (χ1n) is 11.9. The Morgan fingerprint density at radius 1 is 0.818 bits per heavy atom. The molecule has 0 bridgehead atoms. The molecule has 0 spiro atoms. The first-order valence-corrected chi connectivity index (χ1v) is 11.9. The van der Waals surface area contributed by atoms with Crippen molar-refractivity contribution in [2.24, 2.45) is 5.92 Å². The number of carbonyl (C=O) groups excluding carboxylic acids is 2. The van der Waals surface area contributed by atoms with Crippen LogP contribution in [-0.4, -0.2) is 40.7 Å². The Morgan fingerprint density at radius 2 is 1.42 bits per heavy atom. The van der Waals surface area contributed by atoms with Crippen molar-refractivity contribution in [3.63, 3.8) is 0 Å². The molecule has 2 aliphatic rings. The number of carbonyl (C=O) groups is 2. The first kappa shape index (κ1) is 21.4. The minimum Gasteiger partial charge on any atom is -0.341 e. The van der Waals surface area contributed by atoms with E-state index in [0.29, 0.717) is 18.9 Å². The van der Waals surface area contributed by atoms with Crippen molar-refractivity contribution in [3.05, 3.63) is 107 Å². The molecule has 2 amide bonds. The quantitative estimate of drug-likeness (QED) is 0.558. The molecule has 5 rings (SSSR count). The molecule has 2 aliphatic heterocycles. The molecule has 4 nitrogen and oxygen atoms in total. The van der Waals surface area contributed by atoms with Gasteiger partial charge in [0.1, 0.15) is 6.04 Å². The maximum Gasteiger partial charge on any atom is 0.255 e. The van der Waals surface area contributed by atoms with Gasteiger partial charge in [-0.25, -0.2) is 0 Å². The minimum atomic E-state index is -0.474. The van der Waals surface area contributed by atoms with Crippen molar-refractivity contribution < 1.29 is 9.59 Å². The summed E-state index contributed by atoms with van der Waals surface area (Å²) in [6.07, 6.45) is 3.62. The van der Waals surface area contributed by atoms with E-state index < -0.39 is 6.04 Å². The standard InChI is InChI=1S/C29H30N2O2/c32-28-26-14-8-7-13-25(26)21-31(28)27(20-23-11-5-2-6-12-23)29(33)30-17-15-24(16-18-30)19-22-9-3-1-4-10-22/h1-14,24,27H,15-21H2/t27-/m0/s1. The Balaban J connectivity index is 1.30. The fraction of sp³-hybridized carbons (Fsp3) is 0.310. The number of piperidine rings is 1. The second-order valence-corrected chi connectivity index (χ2v) is 9.25. The third-order valence-electron chi connectivity index (χ3n) is 7.08. The molecule has 2 heterocycles. The SMILES string of the molecule is O=C([C@H](Cc1ccccc1)N1Cc2ccccc2C1=O)N1CCC(Cc2ccccc2)CC1. The summed E-state index contributed by atoms with van der Waals surface area (Å²) in [4.78, 5) is 30.8. The molecule has 1 fully saturated rings. The van der Waals surface area contributed by atoms with E-state index in [1.807, 2.05) is 59.5 Å². The summed E-state index contributed by atoms with van der Waals surface area (Å²) in [6.45, 7) is 2.02. The topological polar surface area (TPSA) is 40.6 Å². The molecule has 3 aromatic carbocycles. The lowest BCUT2D eigenvalue weighted by Gasteiger charge is -2.37. The highest BCUT2D eigenvalue weighted by Crippen LogP contribution is 2.28. The van der Waals surface area contributed by atoms with Crippen molar-refractivity contribution in [2.45, 2.75) is 38.3 Å². The van der Waals surface area contributed by atoms with Crippen LogP contribution in [0.4, 0.5) is 0 Å². The van der Waals surface area contributed by atoms with Gasteiger partial charge in [-0.05, 0) is 47.9 Å². The number of hydrogen-bond donors (Lipinski definition) is 0. The zero-order valence-electron chi connectivity index (χ0n) is 18.9. The Kier molecular flexibility index (Phi) is 6.25. The molecular weight excluding hydrogens is 408 g/mol. The van der Waals surface area contributed by atoms with Crippen LogP contribution in [0.3, 0.4) is 0 Å². The van der Waals surface area contributed by atoms with Crippen LogP contribution < -0.4 is 0 Å². The summed E-state index contributed by atoms with van der Waals surface area (Å²) < 4.78 is 0. The van der Waals surface area contributed by atoms with Crippen molar-refractivity contribution in [2.75, 3.05) is 13.1 Å². The first-order chi connectivity index (χ1) is 16.2. The monoisotopic (exact) mass is 438 g/mol. The van der Waals surface area contributed by atoms with E-state index in [9.17, 15) is 9.59 Å². The van der Waals surface area contributed by atoms with Gasteiger partial charge in [-0.2, -0.15) is 0 Å². The number of likely N-dealkylation sites (tertiary alicyclic amines) is 1. The minimum absolute atomic E-state index is 0.0288. The van der Waals surface area contributed by atoms with Gasteiger partial charge in [0.05, 0.1) is 0 Å². The largest absolute Gasteiger partial charge is 0.341 e. The van der Waals surface area contributed by atoms with E-state index in [-0.39, 0.29) is 11.8 Å². The Labute approximate surface area is 195 Å². The lowest BCUT2D eigenvalue weighted by atomic mass is 9.89. The lowest BCUT2D eigenvalue weighted by Crippen LogP contribution is -2.52. The molecule has 0 aliphatic carbocycles. The smallest absolute Gasteiger partial charge is 0.255 e. The van der Waals surface area contributed by atoms with E-state index in [2.05, 4.69) is 30.3 Å². The predicted octanol–water partition coefficient (Wildman–Crippen LogP) is 4.74. The van der Waals surface area contributed by atoms with E-state index in [1.165, 1.54) is 5.56 Å². The fourth-order valence-electron chi connectivity index (χ4n) is 5.21. The Hall–Kier alpha value is -3.40. The van der Waals surface area contributed by atoms with Gasteiger partial charge in [0.25, 0.3) is 5.91 Å². The number of nitrogens with zero attached hydrogens (tertiary/aromatic N) is 2. The summed E-state index contributed by atoms with van der Waals surface area (Å²) in [5, 5.41) is 0. The van der Waals surface area contributed by atoms with Crippen LogP contribution in [0, 0.1) is 5.92 Å². The second-order valence-electron chi connectivity index (χ2n) is 9.25. The van der Waals surface area contributed by atoms with E-state index >= 15 is 0 Å². The van der Waals surface area contributed by atoms with Crippen LogP contribution in [0.1, 0.15) is 39.9 Å². The van der Waals surface area contributed by atoms with E-state index in [4.69, 9.17) is 0 Å². The van der Waals surface area contributed by atoms with Crippen molar-refractivity contribution >= 4 is 11.8 Å². The molecule has 1 saturated heterocycles. The average molecular weight is 439 g/mol. The third-order valence-corrected chi connectivity index (χ3v) is 7.08. The van der Waals surface area contributed by atoms with Crippen LogP contribution in [-0.2, 0) is 24.2 Å². The van der Waals surface area contributed by atoms with Crippen LogP contribution in [0.15, 0.2) is 84.9 Å². The number of fused-ring (bicyclic) bond motifs is 1. The van der Waals surface area contributed by atoms with Crippen LogP contribution in [0.5, 0.6) is 0 Å². The van der Waals surface area contributed by atoms with Crippen molar-refractivity contribution in [1.29, 1.82) is 0 Å². The molecule has 33 heavy (non-hydrogen) atoms. The van der Waals surface area contributed by atoms with Crippen molar-refractivity contribution in [3.8, 4) is 0 Å². The van der Waals surface area contributed by atoms with Gasteiger partial charge in [0, 0.05) is 31.6 Å². The molecule has 0 aromatic heterocycles. The molecule has 0 saturated carbocycles. The molecule has 4 heteroatoms. The van der Waals surface area contributed by atoms with Crippen molar-refractivity contribution in [1.82, 2.24) is 9.80 Å². The summed E-state index contributed by atoms with van der Waals surface area (Å²) in [5.41, 5.74) is 4.18. The van der Waals surface area contributed by atoms with Crippen LogP contribution in [0.2, 0.25) is 0 Å². The van der Waals surface area contributed by atoms with Gasteiger partial charge >= 0.3 is 0 Å². The zero-order chi connectivity index (χ0) is 22.6. The van der Waals surface area contributed by atoms with E-state index in [0.717, 1.165) is 49.0 Å².